The van der Waals surface area contributed by atoms with E-state index in [4.69, 9.17) is 4.84 Å². The fourth-order valence-corrected chi connectivity index (χ4v) is 5.37. The van der Waals surface area contributed by atoms with E-state index in [9.17, 15) is 9.59 Å². The molecule has 1 N–H and O–H groups in total. The minimum Gasteiger partial charge on any atom is -0.391 e. The molecule has 2 aliphatic heterocycles. The second-order valence-electron chi connectivity index (χ2n) is 8.96. The molecular formula is C22H28N4O3. The summed E-state index contributed by atoms with van der Waals surface area (Å²) < 4.78 is 0. The number of carbonyl (C=O) groups is 2. The molecule has 1 aromatic rings. The maximum Gasteiger partial charge on any atom is 0.269 e. The average molecular weight is 396 g/mol. The van der Waals surface area contributed by atoms with Crippen LogP contribution in [0.4, 0.5) is 0 Å². The largest absolute Gasteiger partial charge is 0.391 e. The summed E-state index contributed by atoms with van der Waals surface area (Å²) in [6.07, 6.45) is 10.3. The fourth-order valence-electron chi connectivity index (χ4n) is 5.37. The van der Waals surface area contributed by atoms with Gasteiger partial charge >= 0.3 is 0 Å². The summed E-state index contributed by atoms with van der Waals surface area (Å²) >= 11 is 0. The zero-order chi connectivity index (χ0) is 19.8. The van der Waals surface area contributed by atoms with Crippen molar-refractivity contribution < 1.29 is 14.4 Å². The Labute approximate surface area is 170 Å². The van der Waals surface area contributed by atoms with Gasteiger partial charge in [0.05, 0.1) is 5.92 Å². The van der Waals surface area contributed by atoms with Gasteiger partial charge in [-0.2, -0.15) is 0 Å². The third-order valence-corrected chi connectivity index (χ3v) is 7.22. The zero-order valence-electron chi connectivity index (χ0n) is 16.7. The summed E-state index contributed by atoms with van der Waals surface area (Å²) in [5.74, 6) is 0.559. The highest BCUT2D eigenvalue weighted by molar-refractivity contribution is 6.40. The van der Waals surface area contributed by atoms with Gasteiger partial charge < -0.3 is 15.1 Å². The smallest absolute Gasteiger partial charge is 0.269 e. The first kappa shape index (κ1) is 18.6. The number of carbonyl (C=O) groups excluding carboxylic acids is 2. The molecule has 2 atom stereocenters. The van der Waals surface area contributed by atoms with Gasteiger partial charge in [0.2, 0.25) is 5.91 Å². The quantitative estimate of drug-likeness (QED) is 0.824. The third-order valence-electron chi connectivity index (χ3n) is 7.22. The van der Waals surface area contributed by atoms with E-state index >= 15 is 0 Å². The number of piperidine rings is 1. The standard InChI is InChI=1S/C22H28N4O3/c27-20(24-12-6-15-4-10-23-11-5-15)19-18-17(29-25-19)3-7-22(18)8-13-26(14-9-22)21(28)16-1-2-16/h4-5,10-11,16-18H,1-3,6-9,12-14H2,(H,24,27)/t17-,18+/m0/s1. The molecule has 7 heteroatoms. The van der Waals surface area contributed by atoms with Crippen LogP contribution < -0.4 is 5.32 Å². The Kier molecular flexibility index (Phi) is 4.76. The summed E-state index contributed by atoms with van der Waals surface area (Å²) in [6, 6.07) is 3.92. The Balaban J connectivity index is 1.20. The number of aromatic nitrogens is 1. The number of oxime groups is 1. The lowest BCUT2D eigenvalue weighted by Gasteiger charge is -2.42. The van der Waals surface area contributed by atoms with Crippen LogP contribution >= 0.6 is 0 Å². The zero-order valence-corrected chi connectivity index (χ0v) is 16.7. The number of nitrogens with zero attached hydrogens (tertiary/aromatic N) is 3. The number of nitrogens with one attached hydrogen (secondary N) is 1. The molecule has 4 aliphatic rings. The monoisotopic (exact) mass is 396 g/mol. The minimum absolute atomic E-state index is 0.0154. The molecule has 7 nitrogen and oxygen atoms in total. The van der Waals surface area contributed by atoms with Crippen molar-refractivity contribution in [2.75, 3.05) is 19.6 Å². The first-order valence-electron chi connectivity index (χ1n) is 10.9. The molecule has 1 aromatic heterocycles. The van der Waals surface area contributed by atoms with Crippen molar-refractivity contribution in [3.63, 3.8) is 0 Å². The van der Waals surface area contributed by atoms with Gasteiger partial charge in [0, 0.05) is 37.9 Å². The van der Waals surface area contributed by atoms with Gasteiger partial charge in [-0.1, -0.05) is 5.16 Å². The fraction of sp³-hybridized carbons (Fsp3) is 0.636. The second kappa shape index (κ2) is 7.43. The first-order chi connectivity index (χ1) is 14.2. The van der Waals surface area contributed by atoms with Crippen LogP contribution in [0.2, 0.25) is 0 Å². The van der Waals surface area contributed by atoms with E-state index in [1.54, 1.807) is 12.4 Å². The van der Waals surface area contributed by atoms with Crippen LogP contribution in [0.15, 0.2) is 29.7 Å². The van der Waals surface area contributed by atoms with Gasteiger partial charge in [0.15, 0.2) is 5.71 Å². The third kappa shape index (κ3) is 3.51. The highest BCUT2D eigenvalue weighted by Crippen LogP contribution is 2.54. The Morgan fingerprint density at radius 3 is 2.62 bits per heavy atom. The molecule has 2 amide bonds. The number of hydrogen-bond donors (Lipinski definition) is 1. The molecule has 2 aliphatic carbocycles. The Bertz CT molecular complexity index is 813. The second-order valence-corrected chi connectivity index (χ2v) is 8.96. The summed E-state index contributed by atoms with van der Waals surface area (Å²) in [6.45, 7) is 2.17. The van der Waals surface area contributed by atoms with E-state index in [0.29, 0.717) is 18.2 Å². The predicted octanol–water partition coefficient (Wildman–Crippen LogP) is 1.92. The maximum absolute atomic E-state index is 12.9. The molecule has 1 saturated heterocycles. The van der Waals surface area contributed by atoms with Crippen LogP contribution in [0, 0.1) is 17.3 Å². The molecule has 3 fully saturated rings. The van der Waals surface area contributed by atoms with E-state index < -0.39 is 0 Å². The number of likely N-dealkylation sites (tertiary alicyclic amines) is 1. The van der Waals surface area contributed by atoms with Gasteiger partial charge in [-0.25, -0.2) is 0 Å². The highest BCUT2D eigenvalue weighted by Gasteiger charge is 2.57. The summed E-state index contributed by atoms with van der Waals surface area (Å²) in [5.41, 5.74) is 1.75. The maximum atomic E-state index is 12.9. The van der Waals surface area contributed by atoms with Gasteiger partial charge in [0.25, 0.3) is 5.91 Å². The number of hydrogen-bond acceptors (Lipinski definition) is 5. The van der Waals surface area contributed by atoms with Crippen molar-refractivity contribution in [1.29, 1.82) is 0 Å². The van der Waals surface area contributed by atoms with Crippen LogP contribution in [0.3, 0.4) is 0 Å². The van der Waals surface area contributed by atoms with Crippen molar-refractivity contribution in [1.82, 2.24) is 15.2 Å². The topological polar surface area (TPSA) is 83.9 Å². The van der Waals surface area contributed by atoms with Crippen LogP contribution in [0.25, 0.3) is 0 Å². The average Bonchev–Trinajstić information content (AvgIpc) is 3.42. The molecule has 2 saturated carbocycles. The molecule has 154 valence electrons. The van der Waals surface area contributed by atoms with Crippen molar-refractivity contribution in [2.24, 2.45) is 22.4 Å². The number of fused-ring (bicyclic) bond motifs is 2. The van der Waals surface area contributed by atoms with Crippen LogP contribution in [-0.4, -0.2) is 53.1 Å². The van der Waals surface area contributed by atoms with Crippen LogP contribution in [0.1, 0.15) is 44.1 Å². The van der Waals surface area contributed by atoms with Crippen molar-refractivity contribution in [2.45, 2.75) is 51.0 Å². The van der Waals surface area contributed by atoms with Crippen LogP contribution in [-0.2, 0) is 20.8 Å². The molecule has 0 unspecified atom stereocenters. The van der Waals surface area contributed by atoms with Crippen LogP contribution in [0.5, 0.6) is 0 Å². The van der Waals surface area contributed by atoms with Gasteiger partial charge in [-0.3, -0.25) is 14.6 Å². The Hall–Kier alpha value is -2.44. The van der Waals surface area contributed by atoms with Crippen molar-refractivity contribution >= 4 is 17.5 Å². The van der Waals surface area contributed by atoms with E-state index in [0.717, 1.165) is 63.6 Å². The highest BCUT2D eigenvalue weighted by atomic mass is 16.6. The molecule has 3 heterocycles. The molecule has 5 rings (SSSR count). The van der Waals surface area contributed by atoms with Gasteiger partial charge in [-0.15, -0.1) is 0 Å². The lowest BCUT2D eigenvalue weighted by molar-refractivity contribution is -0.135. The molecular weight excluding hydrogens is 368 g/mol. The normalized spacial score (nSPS) is 27.3. The number of pyridine rings is 1. The minimum atomic E-state index is -0.107. The van der Waals surface area contributed by atoms with E-state index in [1.807, 2.05) is 17.0 Å². The van der Waals surface area contributed by atoms with E-state index in [1.165, 1.54) is 0 Å². The predicted molar refractivity (Wildman–Crippen MR) is 107 cm³/mol. The molecule has 0 aromatic carbocycles. The van der Waals surface area contributed by atoms with E-state index in [-0.39, 0.29) is 29.3 Å². The molecule has 1 spiro atoms. The Morgan fingerprint density at radius 1 is 1.14 bits per heavy atom. The van der Waals surface area contributed by atoms with Gasteiger partial charge in [0.1, 0.15) is 6.10 Å². The molecule has 29 heavy (non-hydrogen) atoms. The Morgan fingerprint density at radius 2 is 1.90 bits per heavy atom. The van der Waals surface area contributed by atoms with Crippen molar-refractivity contribution in [3.8, 4) is 0 Å². The first-order valence-corrected chi connectivity index (χ1v) is 10.9. The SMILES string of the molecule is O=C(NCCc1ccncc1)C1=NO[C@H]2CCC3(CCN(C(=O)C4CC4)CC3)[C@@H]12. The molecule has 0 radical (unpaired) electrons. The summed E-state index contributed by atoms with van der Waals surface area (Å²) in [4.78, 5) is 37.0. The van der Waals surface area contributed by atoms with E-state index in [2.05, 4.69) is 15.5 Å². The number of amides is 2. The summed E-state index contributed by atoms with van der Waals surface area (Å²) in [5, 5.41) is 7.23. The number of rotatable bonds is 5. The molecule has 0 bridgehead atoms. The summed E-state index contributed by atoms with van der Waals surface area (Å²) in [7, 11) is 0. The lowest BCUT2D eigenvalue weighted by Crippen LogP contribution is -2.49. The lowest BCUT2D eigenvalue weighted by atomic mass is 9.68. The van der Waals surface area contributed by atoms with Crippen molar-refractivity contribution in [3.05, 3.63) is 30.1 Å². The van der Waals surface area contributed by atoms with Gasteiger partial charge in [-0.05, 0) is 68.1 Å².